The molecule has 1 fully saturated rings. The second kappa shape index (κ2) is 11.6. The van der Waals surface area contributed by atoms with Gasteiger partial charge in [-0.3, -0.25) is 18.1 Å². The molecule has 0 aromatic carbocycles. The van der Waals surface area contributed by atoms with Crippen LogP contribution in [0.15, 0.2) is 0 Å². The minimum atomic E-state index is -4.99. The van der Waals surface area contributed by atoms with Crippen LogP contribution in [0.3, 0.4) is 0 Å². The van der Waals surface area contributed by atoms with Crippen LogP contribution < -0.4 is 0 Å². The molecule has 9 atom stereocenters. The van der Waals surface area contributed by atoms with Gasteiger partial charge in [0.15, 0.2) is 0 Å². The van der Waals surface area contributed by atoms with Crippen molar-refractivity contribution in [3.8, 4) is 0 Å². The van der Waals surface area contributed by atoms with Crippen LogP contribution in [0.4, 0.5) is 8.78 Å². The van der Waals surface area contributed by atoms with Gasteiger partial charge in [-0.25, -0.2) is 17.9 Å². The fraction of sp³-hybridized carbons (Fsp3) is 1.00. The van der Waals surface area contributed by atoms with Gasteiger partial charge in [-0.15, -0.1) is 0 Å². The average Bonchev–Trinajstić information content (AvgIpc) is 2.90. The molecule has 0 aromatic heterocycles. The van der Waals surface area contributed by atoms with E-state index in [0.29, 0.717) is 0 Å². The Kier molecular flexibility index (Phi) is 10.9. The molecule has 1 rings (SSSR count). The van der Waals surface area contributed by atoms with Crippen LogP contribution in [0, 0.1) is 0 Å². The topological polar surface area (TPSA) is 150 Å². The fourth-order valence-electron chi connectivity index (χ4n) is 2.29. The summed E-state index contributed by atoms with van der Waals surface area (Å²) in [6, 6.07) is -2.52. The second-order valence-corrected chi connectivity index (χ2v) is 8.85. The van der Waals surface area contributed by atoms with E-state index in [1.165, 1.54) is 6.92 Å². The Morgan fingerprint density at radius 2 is 1.86 bits per heavy atom. The number of alkyl halides is 2. The molecular formula is C12H22B2F2O11P2. The van der Waals surface area contributed by atoms with Gasteiger partial charge in [0.1, 0.15) is 53.0 Å². The van der Waals surface area contributed by atoms with Crippen molar-refractivity contribution in [2.24, 2.45) is 0 Å². The molecule has 0 amide bonds. The fourth-order valence-corrected chi connectivity index (χ4v) is 3.87. The van der Waals surface area contributed by atoms with Crippen molar-refractivity contribution in [3.05, 3.63) is 0 Å². The largest absolute Gasteiger partial charge is 0.472 e. The molecular weight excluding hydrogens is 442 g/mol. The summed E-state index contributed by atoms with van der Waals surface area (Å²) in [4.78, 5) is 19.1. The molecule has 3 N–H and O–H groups in total. The predicted molar refractivity (Wildman–Crippen MR) is 94.8 cm³/mol. The van der Waals surface area contributed by atoms with Gasteiger partial charge in [0.05, 0.1) is 19.2 Å². The van der Waals surface area contributed by atoms with Crippen molar-refractivity contribution in [2.75, 3.05) is 27.0 Å². The van der Waals surface area contributed by atoms with E-state index in [2.05, 4.69) is 18.1 Å². The number of ether oxygens (including phenoxy) is 2. The van der Waals surface area contributed by atoms with Crippen LogP contribution in [-0.2, 0) is 36.7 Å². The van der Waals surface area contributed by atoms with Crippen LogP contribution in [0.25, 0.3) is 0 Å². The van der Waals surface area contributed by atoms with Crippen LogP contribution >= 0.6 is 15.6 Å². The van der Waals surface area contributed by atoms with Gasteiger partial charge >= 0.3 is 15.6 Å². The molecule has 4 radical (unpaired) electrons. The quantitative estimate of drug-likeness (QED) is 0.244. The molecule has 0 aromatic rings. The van der Waals surface area contributed by atoms with E-state index in [1.54, 1.807) is 0 Å². The van der Waals surface area contributed by atoms with Crippen molar-refractivity contribution in [2.45, 2.75) is 49.5 Å². The molecule has 0 saturated carbocycles. The SMILES string of the molecule is [B][C@@H]1OC(COP(=O)(O)OC(CF)C(CO)O[C@@H]([B])C)[C@H](OP(=O)(O)OC)C1F. The molecule has 29 heavy (non-hydrogen) atoms. The first-order valence-corrected chi connectivity index (χ1v) is 11.2. The van der Waals surface area contributed by atoms with Crippen molar-refractivity contribution in [1.82, 2.24) is 0 Å². The van der Waals surface area contributed by atoms with Gasteiger partial charge < -0.3 is 24.4 Å². The Balaban J connectivity index is 2.77. The van der Waals surface area contributed by atoms with Gasteiger partial charge in [0, 0.05) is 13.1 Å². The average molecular weight is 464 g/mol. The predicted octanol–water partition coefficient (Wildman–Crippen LogP) is -0.286. The third kappa shape index (κ3) is 8.62. The zero-order valence-corrected chi connectivity index (χ0v) is 17.4. The number of hydrogen-bond donors (Lipinski definition) is 3. The summed E-state index contributed by atoms with van der Waals surface area (Å²) in [6.45, 7) is -1.62. The third-order valence-electron chi connectivity index (χ3n) is 3.62. The number of hydrogen-bond acceptors (Lipinski definition) is 9. The lowest BCUT2D eigenvalue weighted by molar-refractivity contribution is -0.0794. The second-order valence-electron chi connectivity index (χ2n) is 5.93. The summed E-state index contributed by atoms with van der Waals surface area (Å²) in [7, 11) is 1.92. The highest BCUT2D eigenvalue weighted by Gasteiger charge is 2.48. The van der Waals surface area contributed by atoms with Crippen LogP contribution in [0.5, 0.6) is 0 Å². The van der Waals surface area contributed by atoms with E-state index in [0.717, 1.165) is 7.11 Å². The molecule has 1 saturated heterocycles. The molecule has 166 valence electrons. The number of phosphoric ester groups is 2. The van der Waals surface area contributed by atoms with E-state index in [-0.39, 0.29) is 0 Å². The molecule has 1 heterocycles. The zero-order valence-electron chi connectivity index (χ0n) is 15.6. The molecule has 0 bridgehead atoms. The highest BCUT2D eigenvalue weighted by molar-refractivity contribution is 7.47. The minimum Gasteiger partial charge on any atom is -0.394 e. The first kappa shape index (κ1) is 27.1. The first-order valence-electron chi connectivity index (χ1n) is 8.21. The number of aliphatic hydroxyl groups is 1. The number of halogens is 2. The van der Waals surface area contributed by atoms with E-state index in [9.17, 15) is 32.8 Å². The van der Waals surface area contributed by atoms with E-state index < -0.39 is 78.1 Å². The summed E-state index contributed by atoms with van der Waals surface area (Å²) >= 11 is 0. The Morgan fingerprint density at radius 3 is 2.34 bits per heavy atom. The Hall–Kier alpha value is 0.0899. The minimum absolute atomic E-state index is 0.779. The van der Waals surface area contributed by atoms with Crippen molar-refractivity contribution in [3.63, 3.8) is 0 Å². The molecule has 11 nitrogen and oxygen atoms in total. The smallest absolute Gasteiger partial charge is 0.394 e. The Bertz CT molecular complexity index is 604. The molecule has 0 aliphatic carbocycles. The van der Waals surface area contributed by atoms with Crippen LogP contribution in [0.2, 0.25) is 0 Å². The Morgan fingerprint density at radius 1 is 1.24 bits per heavy atom. The third-order valence-corrected chi connectivity index (χ3v) is 5.60. The maximum Gasteiger partial charge on any atom is 0.472 e. The maximum absolute atomic E-state index is 14.1. The highest BCUT2D eigenvalue weighted by atomic mass is 31.2. The standard InChI is InChI=1S/C12H22B2F2O11P2/c1-6(13)24-8(4-17)7(3-15)26-29(20,21)23-5-9-11(10(16)12(14)25-9)27-28(18,19)22-2/h6-12,17H,3-5H2,1-2H3,(H,18,19)(H,20,21)/t6-,7?,8?,9?,10?,11+,12-/m1/s1. The zero-order chi connectivity index (χ0) is 22.4. The number of phosphoric acid groups is 2. The monoisotopic (exact) mass is 464 g/mol. The van der Waals surface area contributed by atoms with Gasteiger partial charge in [-0.2, -0.15) is 0 Å². The van der Waals surface area contributed by atoms with Crippen LogP contribution in [-0.4, -0.2) is 100 Å². The molecule has 0 spiro atoms. The summed E-state index contributed by atoms with van der Waals surface area (Å²) in [5.74, 6) is 0. The molecule has 1 aliphatic heterocycles. The van der Waals surface area contributed by atoms with Gasteiger partial charge in [0.25, 0.3) is 0 Å². The first-order chi connectivity index (χ1) is 13.4. The summed E-state index contributed by atoms with van der Waals surface area (Å²) in [5.41, 5.74) is 0. The van der Waals surface area contributed by atoms with E-state index in [4.69, 9.17) is 25.2 Å². The van der Waals surface area contributed by atoms with Crippen LogP contribution in [0.1, 0.15) is 6.92 Å². The van der Waals surface area contributed by atoms with Crippen molar-refractivity contribution >= 4 is 31.3 Å². The van der Waals surface area contributed by atoms with Gasteiger partial charge in [-0.1, -0.05) is 0 Å². The maximum atomic E-state index is 14.1. The summed E-state index contributed by atoms with van der Waals surface area (Å²) < 4.78 is 78.8. The van der Waals surface area contributed by atoms with Crippen molar-refractivity contribution < 1.29 is 60.4 Å². The van der Waals surface area contributed by atoms with Crippen molar-refractivity contribution in [1.29, 1.82) is 0 Å². The Labute approximate surface area is 169 Å². The number of aliphatic hydroxyl groups excluding tert-OH is 1. The molecule has 1 aliphatic rings. The van der Waals surface area contributed by atoms with Gasteiger partial charge in [-0.05, 0) is 6.92 Å². The normalized spacial score (nSPS) is 32.2. The highest BCUT2D eigenvalue weighted by Crippen LogP contribution is 2.49. The van der Waals surface area contributed by atoms with Gasteiger partial charge in [0.2, 0.25) is 0 Å². The lowest BCUT2D eigenvalue weighted by Gasteiger charge is -2.27. The summed E-state index contributed by atoms with van der Waals surface area (Å²) in [6.07, 6.45) is -8.47. The van der Waals surface area contributed by atoms with E-state index >= 15 is 0 Å². The lowest BCUT2D eigenvalue weighted by atomic mass is 9.94. The number of rotatable bonds is 13. The van der Waals surface area contributed by atoms with E-state index in [1.807, 2.05) is 0 Å². The summed E-state index contributed by atoms with van der Waals surface area (Å²) in [5, 5.41) is 9.21. The molecule has 6 unspecified atom stereocenters. The molecule has 17 heteroatoms. The lowest BCUT2D eigenvalue weighted by Crippen LogP contribution is -2.38.